The van der Waals surface area contributed by atoms with E-state index in [9.17, 15) is 9.50 Å². The molecule has 4 rings (SSSR count). The molecule has 0 aromatic heterocycles. The first-order valence-electron chi connectivity index (χ1n) is 10.2. The van der Waals surface area contributed by atoms with Crippen molar-refractivity contribution in [2.45, 2.75) is 69.2 Å². The minimum absolute atomic E-state index is 0.184. The van der Waals surface area contributed by atoms with Crippen molar-refractivity contribution < 1.29 is 14.2 Å². The molecule has 26 heavy (non-hydrogen) atoms. The molecule has 2 heterocycles. The van der Waals surface area contributed by atoms with Gasteiger partial charge in [-0.15, -0.1) is 0 Å². The Balaban J connectivity index is 1.28. The summed E-state index contributed by atoms with van der Waals surface area (Å²) in [5.41, 5.74) is 1.10. The Morgan fingerprint density at radius 3 is 2.31 bits per heavy atom. The molecule has 3 aliphatic rings. The zero-order valence-electron chi connectivity index (χ0n) is 15.5. The number of aliphatic hydroxyl groups is 1. The lowest BCUT2D eigenvalue weighted by molar-refractivity contribution is -0.0389. The summed E-state index contributed by atoms with van der Waals surface area (Å²) in [6.45, 7) is 3.08. The second kappa shape index (κ2) is 8.24. The van der Waals surface area contributed by atoms with Crippen LogP contribution < -0.4 is 4.90 Å². The number of aliphatic hydroxyl groups excluding tert-OH is 1. The average Bonchev–Trinajstić information content (AvgIpc) is 2.89. The first kappa shape index (κ1) is 18.2. The third kappa shape index (κ3) is 4.21. The monoisotopic (exact) mass is 362 g/mol. The molecule has 4 nitrogen and oxygen atoms in total. The maximum absolute atomic E-state index is 13.2. The largest absolute Gasteiger partial charge is 0.389 e. The SMILES string of the molecule is O[C@@H](COC1CCCCC1)CN1[C@@H]2CC[C@H]1CN(c1ccc(F)cc1)C2. The fourth-order valence-corrected chi connectivity index (χ4v) is 4.93. The predicted octanol–water partition coefficient (Wildman–Crippen LogP) is 3.19. The maximum atomic E-state index is 13.2. The fraction of sp³-hybridized carbons (Fsp3) is 0.714. The van der Waals surface area contributed by atoms with Crippen molar-refractivity contribution in [2.75, 3.05) is 31.1 Å². The van der Waals surface area contributed by atoms with Gasteiger partial charge in [-0.3, -0.25) is 4.90 Å². The zero-order chi connectivity index (χ0) is 17.9. The van der Waals surface area contributed by atoms with E-state index in [1.54, 1.807) is 0 Å². The normalized spacial score (nSPS) is 28.5. The van der Waals surface area contributed by atoms with Crippen molar-refractivity contribution in [2.24, 2.45) is 0 Å². The highest BCUT2D eigenvalue weighted by atomic mass is 19.1. The summed E-state index contributed by atoms with van der Waals surface area (Å²) in [6.07, 6.45) is 8.44. The Kier molecular flexibility index (Phi) is 5.77. The molecule has 2 aliphatic heterocycles. The van der Waals surface area contributed by atoms with Crippen LogP contribution in [0.4, 0.5) is 10.1 Å². The Morgan fingerprint density at radius 2 is 1.65 bits per heavy atom. The first-order chi connectivity index (χ1) is 12.7. The van der Waals surface area contributed by atoms with Gasteiger partial charge in [0, 0.05) is 37.4 Å². The first-order valence-corrected chi connectivity index (χ1v) is 10.2. The van der Waals surface area contributed by atoms with Crippen LogP contribution in [-0.2, 0) is 4.74 Å². The Labute approximate surface area is 155 Å². The molecular formula is C21H31FN2O2. The topological polar surface area (TPSA) is 35.9 Å². The van der Waals surface area contributed by atoms with Crippen molar-refractivity contribution in [3.05, 3.63) is 30.1 Å². The van der Waals surface area contributed by atoms with Crippen LogP contribution in [0.5, 0.6) is 0 Å². The summed E-state index contributed by atoms with van der Waals surface area (Å²) in [4.78, 5) is 4.85. The summed E-state index contributed by atoms with van der Waals surface area (Å²) in [6, 6.07) is 7.77. The van der Waals surface area contributed by atoms with Crippen LogP contribution >= 0.6 is 0 Å². The van der Waals surface area contributed by atoms with Crippen molar-refractivity contribution in [1.29, 1.82) is 0 Å². The summed E-state index contributed by atoms with van der Waals surface area (Å²) in [5, 5.41) is 10.5. The number of anilines is 1. The summed E-state index contributed by atoms with van der Waals surface area (Å²) in [7, 11) is 0. The third-order valence-corrected chi connectivity index (χ3v) is 6.32. The molecule has 1 aliphatic carbocycles. The summed E-state index contributed by atoms with van der Waals surface area (Å²) >= 11 is 0. The number of nitrogens with zero attached hydrogens (tertiary/aromatic N) is 2. The van der Waals surface area contributed by atoms with Gasteiger partial charge in [0.05, 0.1) is 18.8 Å². The lowest BCUT2D eigenvalue weighted by Crippen LogP contribution is -2.56. The van der Waals surface area contributed by atoms with E-state index < -0.39 is 6.10 Å². The second-order valence-electron chi connectivity index (χ2n) is 8.21. The lowest BCUT2D eigenvalue weighted by Gasteiger charge is -2.43. The number of benzene rings is 1. The van der Waals surface area contributed by atoms with Crippen LogP contribution in [0.2, 0.25) is 0 Å². The Morgan fingerprint density at radius 1 is 1.00 bits per heavy atom. The molecule has 0 radical (unpaired) electrons. The molecule has 144 valence electrons. The van der Waals surface area contributed by atoms with Crippen molar-refractivity contribution in [3.8, 4) is 0 Å². The number of hydrogen-bond donors (Lipinski definition) is 1. The van der Waals surface area contributed by atoms with Crippen molar-refractivity contribution in [3.63, 3.8) is 0 Å². The number of rotatable bonds is 6. The number of fused-ring (bicyclic) bond motifs is 2. The van der Waals surface area contributed by atoms with Gasteiger partial charge in [0.25, 0.3) is 0 Å². The van der Waals surface area contributed by atoms with Gasteiger partial charge in [0.2, 0.25) is 0 Å². The van der Waals surface area contributed by atoms with Crippen LogP contribution in [0.25, 0.3) is 0 Å². The van der Waals surface area contributed by atoms with E-state index in [1.165, 1.54) is 44.2 Å². The number of piperazine rings is 1. The van der Waals surface area contributed by atoms with Gasteiger partial charge < -0.3 is 14.7 Å². The highest BCUT2D eigenvalue weighted by molar-refractivity contribution is 5.47. The summed E-state index contributed by atoms with van der Waals surface area (Å²) < 4.78 is 19.1. The van der Waals surface area contributed by atoms with E-state index in [0.29, 0.717) is 31.3 Å². The molecule has 2 saturated heterocycles. The fourth-order valence-electron chi connectivity index (χ4n) is 4.93. The molecule has 0 amide bonds. The highest BCUT2D eigenvalue weighted by Gasteiger charge is 2.40. The molecule has 1 aromatic rings. The van der Waals surface area contributed by atoms with Gasteiger partial charge in [0.15, 0.2) is 0 Å². The quantitative estimate of drug-likeness (QED) is 0.843. The minimum atomic E-state index is -0.405. The molecule has 0 spiro atoms. The smallest absolute Gasteiger partial charge is 0.123 e. The zero-order valence-corrected chi connectivity index (χ0v) is 15.5. The van der Waals surface area contributed by atoms with Gasteiger partial charge in [-0.2, -0.15) is 0 Å². The molecule has 1 saturated carbocycles. The molecule has 3 atom stereocenters. The molecule has 3 fully saturated rings. The molecule has 1 N–H and O–H groups in total. The number of hydrogen-bond acceptors (Lipinski definition) is 4. The van der Waals surface area contributed by atoms with Gasteiger partial charge in [-0.05, 0) is 49.9 Å². The second-order valence-corrected chi connectivity index (χ2v) is 8.21. The van der Waals surface area contributed by atoms with E-state index in [4.69, 9.17) is 4.74 Å². The van der Waals surface area contributed by atoms with E-state index in [2.05, 4.69) is 9.80 Å². The Hall–Kier alpha value is -1.17. The summed E-state index contributed by atoms with van der Waals surface area (Å²) in [5.74, 6) is -0.184. The molecule has 2 bridgehead atoms. The Bertz CT molecular complexity index is 562. The van der Waals surface area contributed by atoms with E-state index >= 15 is 0 Å². The van der Waals surface area contributed by atoms with Gasteiger partial charge in [0.1, 0.15) is 5.82 Å². The highest BCUT2D eigenvalue weighted by Crippen LogP contribution is 2.33. The van der Waals surface area contributed by atoms with Gasteiger partial charge >= 0.3 is 0 Å². The van der Waals surface area contributed by atoms with Gasteiger partial charge in [-0.1, -0.05) is 19.3 Å². The van der Waals surface area contributed by atoms with Crippen molar-refractivity contribution >= 4 is 5.69 Å². The van der Waals surface area contributed by atoms with Crippen LogP contribution in [-0.4, -0.2) is 60.5 Å². The maximum Gasteiger partial charge on any atom is 0.123 e. The van der Waals surface area contributed by atoms with Gasteiger partial charge in [-0.25, -0.2) is 4.39 Å². The van der Waals surface area contributed by atoms with Crippen LogP contribution in [0.15, 0.2) is 24.3 Å². The van der Waals surface area contributed by atoms with Crippen LogP contribution in [0.1, 0.15) is 44.9 Å². The minimum Gasteiger partial charge on any atom is -0.389 e. The molecular weight excluding hydrogens is 331 g/mol. The third-order valence-electron chi connectivity index (χ3n) is 6.32. The van der Waals surface area contributed by atoms with E-state index in [-0.39, 0.29) is 5.82 Å². The standard InChI is InChI=1S/C21H31FN2O2/c22-16-6-8-17(9-7-16)23-12-18-10-11-19(13-23)24(18)14-20(25)15-26-21-4-2-1-3-5-21/h6-9,18-21,25H,1-5,10-15H2/t18-,19+,20-/m1/s1. The number of ether oxygens (including phenoxy) is 1. The van der Waals surface area contributed by atoms with Crippen molar-refractivity contribution in [1.82, 2.24) is 4.90 Å². The molecule has 1 aromatic carbocycles. The number of halogens is 1. The van der Waals surface area contributed by atoms with E-state index in [0.717, 1.165) is 31.6 Å². The molecule has 5 heteroatoms. The predicted molar refractivity (Wildman–Crippen MR) is 101 cm³/mol. The van der Waals surface area contributed by atoms with Crippen LogP contribution in [0, 0.1) is 5.82 Å². The average molecular weight is 362 g/mol. The van der Waals surface area contributed by atoms with Crippen LogP contribution in [0.3, 0.4) is 0 Å². The molecule has 0 unspecified atom stereocenters. The van der Waals surface area contributed by atoms with E-state index in [1.807, 2.05) is 12.1 Å². The lowest BCUT2D eigenvalue weighted by atomic mass is 9.98.